The smallest absolute Gasteiger partial charge is 0.408 e. The first-order valence-corrected chi connectivity index (χ1v) is 8.11. The zero-order valence-electron chi connectivity index (χ0n) is 14.5. The van der Waals surface area contributed by atoms with Crippen LogP contribution in [0.4, 0.5) is 4.79 Å². The first-order chi connectivity index (χ1) is 10.8. The highest BCUT2D eigenvalue weighted by molar-refractivity contribution is 5.68. The van der Waals surface area contributed by atoms with Gasteiger partial charge in [0.05, 0.1) is 11.7 Å². The van der Waals surface area contributed by atoms with Crippen LogP contribution >= 0.6 is 0 Å². The average Bonchev–Trinajstić information content (AvgIpc) is 2.85. The minimum atomic E-state index is -0.540. The van der Waals surface area contributed by atoms with Gasteiger partial charge >= 0.3 is 6.09 Å². The lowest BCUT2D eigenvalue weighted by Crippen LogP contribution is -2.38. The lowest BCUT2D eigenvalue weighted by Gasteiger charge is -2.25. The Balaban J connectivity index is 2.15. The summed E-state index contributed by atoms with van der Waals surface area (Å²) in [6.07, 6.45) is 3.34. The number of nitrogens with one attached hydrogen (secondary N) is 1. The molecule has 0 bridgehead atoms. The van der Waals surface area contributed by atoms with Crippen molar-refractivity contribution >= 4 is 6.09 Å². The standard InChI is InChI=1S/C16H28N4O3/c1-16(2,3)23-15(21)18-13(9-17)12-10-20(4)19-14(12)11-5-7-22-8-6-11/h10-11,13H,5-9,17H2,1-4H3,(H,18,21). The van der Waals surface area contributed by atoms with Crippen molar-refractivity contribution in [3.63, 3.8) is 0 Å². The summed E-state index contributed by atoms with van der Waals surface area (Å²) in [6, 6.07) is -0.309. The first-order valence-electron chi connectivity index (χ1n) is 8.11. The lowest BCUT2D eigenvalue weighted by molar-refractivity contribution is 0.0504. The molecule has 3 N–H and O–H groups in total. The molecule has 0 radical (unpaired) electrons. The van der Waals surface area contributed by atoms with Crippen LogP contribution in [0.3, 0.4) is 0 Å². The van der Waals surface area contributed by atoms with Crippen molar-refractivity contribution in [2.24, 2.45) is 12.8 Å². The van der Waals surface area contributed by atoms with E-state index < -0.39 is 11.7 Å². The molecule has 0 spiro atoms. The molecule has 7 nitrogen and oxygen atoms in total. The molecule has 1 saturated heterocycles. The first kappa shape index (κ1) is 17.7. The fourth-order valence-corrected chi connectivity index (χ4v) is 2.79. The molecule has 7 heteroatoms. The summed E-state index contributed by atoms with van der Waals surface area (Å²) in [7, 11) is 1.88. The Morgan fingerprint density at radius 1 is 1.52 bits per heavy atom. The minimum absolute atomic E-state index is 0.293. The van der Waals surface area contributed by atoms with Crippen LogP contribution in [0, 0.1) is 0 Å². The van der Waals surface area contributed by atoms with E-state index in [0.29, 0.717) is 12.5 Å². The third-order valence-corrected chi connectivity index (χ3v) is 3.80. The number of nitrogens with zero attached hydrogens (tertiary/aromatic N) is 2. The molecule has 2 rings (SSSR count). The number of carbonyl (C=O) groups excluding carboxylic acids is 1. The van der Waals surface area contributed by atoms with Crippen molar-refractivity contribution < 1.29 is 14.3 Å². The van der Waals surface area contributed by atoms with Gasteiger partial charge in [-0.25, -0.2) is 4.79 Å². The fourth-order valence-electron chi connectivity index (χ4n) is 2.79. The van der Waals surface area contributed by atoms with Gasteiger partial charge in [0.2, 0.25) is 0 Å². The Morgan fingerprint density at radius 3 is 2.74 bits per heavy atom. The Morgan fingerprint density at radius 2 is 2.17 bits per heavy atom. The minimum Gasteiger partial charge on any atom is -0.444 e. The van der Waals surface area contributed by atoms with Crippen LogP contribution in [0.15, 0.2) is 6.20 Å². The maximum Gasteiger partial charge on any atom is 0.408 e. The number of aromatic nitrogens is 2. The van der Waals surface area contributed by atoms with Gasteiger partial charge < -0.3 is 20.5 Å². The molecule has 1 atom stereocenters. The van der Waals surface area contributed by atoms with Gasteiger partial charge in [-0.1, -0.05) is 0 Å². The largest absolute Gasteiger partial charge is 0.444 e. The molecule has 0 aliphatic carbocycles. The molecule has 1 aliphatic heterocycles. The van der Waals surface area contributed by atoms with Gasteiger partial charge in [-0.15, -0.1) is 0 Å². The Bertz CT molecular complexity index is 530. The quantitative estimate of drug-likeness (QED) is 0.882. The van der Waals surface area contributed by atoms with Crippen LogP contribution in [-0.4, -0.2) is 41.2 Å². The zero-order valence-corrected chi connectivity index (χ0v) is 14.5. The molecule has 23 heavy (non-hydrogen) atoms. The van der Waals surface area contributed by atoms with E-state index in [0.717, 1.165) is 37.3 Å². The number of carbonyl (C=O) groups is 1. The highest BCUT2D eigenvalue weighted by Crippen LogP contribution is 2.31. The van der Waals surface area contributed by atoms with Crippen molar-refractivity contribution in [1.82, 2.24) is 15.1 Å². The van der Waals surface area contributed by atoms with Gasteiger partial charge in [-0.3, -0.25) is 4.68 Å². The molecule has 1 aliphatic rings. The molecule has 130 valence electrons. The van der Waals surface area contributed by atoms with E-state index in [1.807, 2.05) is 34.0 Å². The second-order valence-corrected chi connectivity index (χ2v) is 6.96. The maximum absolute atomic E-state index is 12.1. The van der Waals surface area contributed by atoms with Crippen molar-refractivity contribution in [2.75, 3.05) is 19.8 Å². The maximum atomic E-state index is 12.1. The molecule has 1 unspecified atom stereocenters. The van der Waals surface area contributed by atoms with Crippen LogP contribution < -0.4 is 11.1 Å². The predicted octanol–water partition coefficient (Wildman–Crippen LogP) is 1.84. The van der Waals surface area contributed by atoms with Gasteiger partial charge in [0.1, 0.15) is 5.60 Å². The summed E-state index contributed by atoms with van der Waals surface area (Å²) in [4.78, 5) is 12.1. The third kappa shape index (κ3) is 4.94. The van der Waals surface area contributed by atoms with E-state index in [2.05, 4.69) is 10.4 Å². The third-order valence-electron chi connectivity index (χ3n) is 3.80. The number of ether oxygens (including phenoxy) is 2. The normalized spacial score (nSPS) is 17.8. The van der Waals surface area contributed by atoms with Crippen molar-refractivity contribution in [2.45, 2.75) is 51.2 Å². The number of amides is 1. The van der Waals surface area contributed by atoms with E-state index in [1.54, 1.807) is 4.68 Å². The van der Waals surface area contributed by atoms with Crippen LogP contribution in [0.5, 0.6) is 0 Å². The molecular formula is C16H28N4O3. The number of hydrogen-bond donors (Lipinski definition) is 2. The highest BCUT2D eigenvalue weighted by Gasteiger charge is 2.27. The van der Waals surface area contributed by atoms with Crippen LogP contribution in [-0.2, 0) is 16.5 Å². The van der Waals surface area contributed by atoms with Crippen LogP contribution in [0.25, 0.3) is 0 Å². The zero-order chi connectivity index (χ0) is 17.0. The molecule has 1 aromatic rings. The summed E-state index contributed by atoms with van der Waals surface area (Å²) < 4.78 is 12.5. The molecule has 1 amide bonds. The molecule has 2 heterocycles. The second kappa shape index (κ2) is 7.31. The van der Waals surface area contributed by atoms with Gasteiger partial charge in [0, 0.05) is 44.5 Å². The number of alkyl carbamates (subject to hydrolysis) is 1. The predicted molar refractivity (Wildman–Crippen MR) is 87.2 cm³/mol. The van der Waals surface area contributed by atoms with Crippen molar-refractivity contribution in [3.8, 4) is 0 Å². The highest BCUT2D eigenvalue weighted by atomic mass is 16.6. The Kier molecular flexibility index (Phi) is 5.64. The monoisotopic (exact) mass is 324 g/mol. The molecular weight excluding hydrogens is 296 g/mol. The summed E-state index contributed by atoms with van der Waals surface area (Å²) in [6.45, 7) is 7.28. The van der Waals surface area contributed by atoms with E-state index >= 15 is 0 Å². The summed E-state index contributed by atoms with van der Waals surface area (Å²) in [5.74, 6) is 0.342. The second-order valence-electron chi connectivity index (χ2n) is 6.96. The van der Waals surface area contributed by atoms with Crippen molar-refractivity contribution in [1.29, 1.82) is 0 Å². The fraction of sp³-hybridized carbons (Fsp3) is 0.750. The van der Waals surface area contributed by atoms with E-state index in [-0.39, 0.29) is 6.04 Å². The van der Waals surface area contributed by atoms with Gasteiger partial charge in [0.25, 0.3) is 0 Å². The van der Waals surface area contributed by atoms with Gasteiger partial charge in [-0.2, -0.15) is 5.10 Å². The van der Waals surface area contributed by atoms with E-state index in [1.165, 1.54) is 0 Å². The average molecular weight is 324 g/mol. The van der Waals surface area contributed by atoms with E-state index in [9.17, 15) is 4.79 Å². The number of hydrogen-bond acceptors (Lipinski definition) is 5. The summed E-state index contributed by atoms with van der Waals surface area (Å²) in [5.41, 5.74) is 7.32. The molecule has 1 fully saturated rings. The van der Waals surface area contributed by atoms with Crippen LogP contribution in [0.1, 0.15) is 56.8 Å². The van der Waals surface area contributed by atoms with Crippen molar-refractivity contribution in [3.05, 3.63) is 17.5 Å². The Hall–Kier alpha value is -1.60. The van der Waals surface area contributed by atoms with Crippen LogP contribution in [0.2, 0.25) is 0 Å². The van der Waals surface area contributed by atoms with Gasteiger partial charge in [0.15, 0.2) is 0 Å². The number of nitrogens with two attached hydrogens (primary N) is 1. The summed E-state index contributed by atoms with van der Waals surface area (Å²) >= 11 is 0. The number of aryl methyl sites for hydroxylation is 1. The van der Waals surface area contributed by atoms with E-state index in [4.69, 9.17) is 15.2 Å². The molecule has 0 aromatic carbocycles. The molecule has 0 saturated carbocycles. The van der Waals surface area contributed by atoms with Gasteiger partial charge in [-0.05, 0) is 33.6 Å². The topological polar surface area (TPSA) is 91.4 Å². The summed E-state index contributed by atoms with van der Waals surface area (Å²) in [5, 5.41) is 7.46. The Labute approximate surface area is 137 Å². The number of rotatable bonds is 4. The molecule has 1 aromatic heterocycles. The lowest BCUT2D eigenvalue weighted by atomic mass is 9.91. The SMILES string of the molecule is Cn1cc(C(CN)NC(=O)OC(C)(C)C)c(C2CCOCC2)n1.